The molecule has 2 atom stereocenters. The molecule has 0 bridgehead atoms. The van der Waals surface area contributed by atoms with Gasteiger partial charge in [-0.25, -0.2) is 0 Å². The van der Waals surface area contributed by atoms with Crippen molar-refractivity contribution in [1.82, 2.24) is 0 Å². The molecular weight excluding hydrogens is 156 g/mol. The molecule has 0 saturated heterocycles. The van der Waals surface area contributed by atoms with E-state index in [4.69, 9.17) is 15.3 Å². The van der Waals surface area contributed by atoms with Crippen LogP contribution in [0.5, 0.6) is 0 Å². The van der Waals surface area contributed by atoms with Gasteiger partial charge in [0.1, 0.15) is 12.2 Å². The molecule has 0 radical (unpaired) electrons. The molecule has 0 rings (SSSR count). The van der Waals surface area contributed by atoms with Crippen LogP contribution < -0.4 is 0 Å². The molecule has 0 fully saturated rings. The molecule has 0 aromatic carbocycles. The normalized spacial score (nSPS) is 16.4. The average Bonchev–Trinajstić information content (AvgIpc) is 2.00. The molecule has 5 heteroatoms. The lowest BCUT2D eigenvalue weighted by atomic mass is 10.1. The van der Waals surface area contributed by atoms with E-state index in [-0.39, 0.29) is 5.75 Å². The Morgan fingerprint density at radius 2 is 2.00 bits per heavy atom. The SMILES string of the molecule is O=C(CS)C(O)C(O)CO. The highest BCUT2D eigenvalue weighted by Crippen LogP contribution is 1.95. The summed E-state index contributed by atoms with van der Waals surface area (Å²) in [7, 11) is 0. The van der Waals surface area contributed by atoms with Gasteiger partial charge >= 0.3 is 0 Å². The Morgan fingerprint density at radius 1 is 1.50 bits per heavy atom. The molecule has 0 aliphatic heterocycles. The van der Waals surface area contributed by atoms with Crippen LogP contribution in [0.4, 0.5) is 0 Å². The van der Waals surface area contributed by atoms with Crippen molar-refractivity contribution in [3.63, 3.8) is 0 Å². The van der Waals surface area contributed by atoms with E-state index in [0.717, 1.165) is 0 Å². The van der Waals surface area contributed by atoms with E-state index in [1.165, 1.54) is 0 Å². The Kier molecular flexibility index (Phi) is 4.63. The molecule has 3 N–H and O–H groups in total. The third kappa shape index (κ3) is 2.66. The number of aliphatic hydroxyl groups excluding tert-OH is 3. The maximum absolute atomic E-state index is 10.5. The third-order valence-electron chi connectivity index (χ3n) is 1.04. The van der Waals surface area contributed by atoms with Crippen LogP contribution in [0.3, 0.4) is 0 Å². The van der Waals surface area contributed by atoms with E-state index in [9.17, 15) is 4.79 Å². The standard InChI is InChI=1S/C5H10O4S/c6-1-3(7)5(9)4(8)2-10/h3,5-7,9-10H,1-2H2. The fourth-order valence-electron chi connectivity index (χ4n) is 0.408. The predicted octanol–water partition coefficient (Wildman–Crippen LogP) is -1.80. The number of hydrogen-bond donors (Lipinski definition) is 4. The van der Waals surface area contributed by atoms with Crippen molar-refractivity contribution < 1.29 is 20.1 Å². The summed E-state index contributed by atoms with van der Waals surface area (Å²) < 4.78 is 0. The van der Waals surface area contributed by atoms with Crippen LogP contribution in [-0.4, -0.2) is 45.7 Å². The zero-order chi connectivity index (χ0) is 8.15. The van der Waals surface area contributed by atoms with E-state index >= 15 is 0 Å². The van der Waals surface area contributed by atoms with Gasteiger partial charge in [0.25, 0.3) is 0 Å². The Morgan fingerprint density at radius 3 is 2.30 bits per heavy atom. The van der Waals surface area contributed by atoms with Gasteiger partial charge in [0.05, 0.1) is 12.4 Å². The number of carbonyl (C=O) groups excluding carboxylic acids is 1. The summed E-state index contributed by atoms with van der Waals surface area (Å²) in [6.45, 7) is -0.624. The van der Waals surface area contributed by atoms with Crippen molar-refractivity contribution in [3.8, 4) is 0 Å². The Labute approximate surface area is 63.9 Å². The first-order valence-electron chi connectivity index (χ1n) is 2.74. The van der Waals surface area contributed by atoms with E-state index in [0.29, 0.717) is 0 Å². The van der Waals surface area contributed by atoms with Crippen molar-refractivity contribution in [3.05, 3.63) is 0 Å². The third-order valence-corrected chi connectivity index (χ3v) is 1.35. The highest BCUT2D eigenvalue weighted by molar-refractivity contribution is 7.81. The molecule has 0 spiro atoms. The molecule has 10 heavy (non-hydrogen) atoms. The largest absolute Gasteiger partial charge is 0.394 e. The average molecular weight is 166 g/mol. The molecular formula is C5H10O4S. The Bertz CT molecular complexity index is 116. The molecule has 4 nitrogen and oxygen atoms in total. The summed E-state index contributed by atoms with van der Waals surface area (Å²) in [5.74, 6) is -0.733. The summed E-state index contributed by atoms with van der Waals surface area (Å²) in [6.07, 6.45) is -2.90. The minimum atomic E-state index is -1.51. The first-order valence-corrected chi connectivity index (χ1v) is 3.37. The number of carbonyl (C=O) groups is 1. The lowest BCUT2D eigenvalue weighted by Crippen LogP contribution is -2.37. The van der Waals surface area contributed by atoms with Crippen LogP contribution in [0, 0.1) is 0 Å². The fraction of sp³-hybridized carbons (Fsp3) is 0.800. The van der Waals surface area contributed by atoms with E-state index < -0.39 is 24.6 Å². The second-order valence-corrected chi connectivity index (χ2v) is 2.14. The van der Waals surface area contributed by atoms with E-state index in [2.05, 4.69) is 12.6 Å². The van der Waals surface area contributed by atoms with Gasteiger partial charge in [0.2, 0.25) is 0 Å². The Hall–Kier alpha value is -0.100. The first kappa shape index (κ1) is 9.90. The molecule has 0 saturated carbocycles. The lowest BCUT2D eigenvalue weighted by Gasteiger charge is -2.12. The summed E-state index contributed by atoms with van der Waals surface area (Å²) in [5.41, 5.74) is 0. The number of rotatable bonds is 4. The van der Waals surface area contributed by atoms with Crippen LogP contribution in [0.25, 0.3) is 0 Å². The summed E-state index contributed by atoms with van der Waals surface area (Å²) in [5, 5.41) is 25.7. The highest BCUT2D eigenvalue weighted by atomic mass is 32.1. The van der Waals surface area contributed by atoms with Crippen molar-refractivity contribution >= 4 is 18.4 Å². The van der Waals surface area contributed by atoms with Gasteiger partial charge in [-0.2, -0.15) is 12.6 Å². The van der Waals surface area contributed by atoms with E-state index in [1.54, 1.807) is 0 Å². The van der Waals surface area contributed by atoms with Crippen LogP contribution in [0.15, 0.2) is 0 Å². The quantitative estimate of drug-likeness (QED) is 0.372. The number of Topliss-reactive ketones (excluding diaryl/α,β-unsaturated/α-hetero) is 1. The first-order chi connectivity index (χ1) is 4.63. The molecule has 0 aliphatic rings. The smallest absolute Gasteiger partial charge is 0.173 e. The maximum Gasteiger partial charge on any atom is 0.173 e. The van der Waals surface area contributed by atoms with Gasteiger partial charge in [-0.1, -0.05) is 0 Å². The van der Waals surface area contributed by atoms with Crippen LogP contribution in [-0.2, 0) is 4.79 Å². The lowest BCUT2D eigenvalue weighted by molar-refractivity contribution is -0.131. The van der Waals surface area contributed by atoms with Gasteiger partial charge in [-0.15, -0.1) is 0 Å². The zero-order valence-electron chi connectivity index (χ0n) is 5.27. The van der Waals surface area contributed by atoms with Crippen LogP contribution in [0.1, 0.15) is 0 Å². The molecule has 2 unspecified atom stereocenters. The topological polar surface area (TPSA) is 77.8 Å². The van der Waals surface area contributed by atoms with Crippen molar-refractivity contribution in [2.24, 2.45) is 0 Å². The summed E-state index contributed by atoms with van der Waals surface area (Å²) in [6, 6.07) is 0. The van der Waals surface area contributed by atoms with Gasteiger partial charge in [0, 0.05) is 0 Å². The molecule has 0 aromatic rings. The highest BCUT2D eigenvalue weighted by Gasteiger charge is 2.21. The second-order valence-electron chi connectivity index (χ2n) is 1.82. The minimum Gasteiger partial charge on any atom is -0.394 e. The molecule has 0 heterocycles. The summed E-state index contributed by atoms with van der Waals surface area (Å²) >= 11 is 3.59. The van der Waals surface area contributed by atoms with Crippen LogP contribution >= 0.6 is 12.6 Å². The van der Waals surface area contributed by atoms with Crippen LogP contribution in [0.2, 0.25) is 0 Å². The molecule has 60 valence electrons. The van der Waals surface area contributed by atoms with Gasteiger partial charge in [-0.3, -0.25) is 4.79 Å². The number of aliphatic hydroxyl groups is 3. The fourth-order valence-corrected chi connectivity index (χ4v) is 0.595. The van der Waals surface area contributed by atoms with Crippen molar-refractivity contribution in [2.45, 2.75) is 12.2 Å². The number of ketones is 1. The van der Waals surface area contributed by atoms with Crippen molar-refractivity contribution in [1.29, 1.82) is 0 Å². The number of hydrogen-bond acceptors (Lipinski definition) is 5. The van der Waals surface area contributed by atoms with Crippen molar-refractivity contribution in [2.75, 3.05) is 12.4 Å². The monoisotopic (exact) mass is 166 g/mol. The van der Waals surface area contributed by atoms with Gasteiger partial charge < -0.3 is 15.3 Å². The minimum absolute atomic E-state index is 0.141. The second kappa shape index (κ2) is 4.68. The van der Waals surface area contributed by atoms with E-state index in [1.807, 2.05) is 0 Å². The van der Waals surface area contributed by atoms with Gasteiger partial charge in [0.15, 0.2) is 5.78 Å². The molecule has 0 amide bonds. The Balaban J connectivity index is 3.81. The predicted molar refractivity (Wildman–Crippen MR) is 38.0 cm³/mol. The number of thiol groups is 1. The molecule has 0 aliphatic carbocycles. The maximum atomic E-state index is 10.5. The zero-order valence-corrected chi connectivity index (χ0v) is 6.16. The van der Waals surface area contributed by atoms with Gasteiger partial charge in [-0.05, 0) is 0 Å². The summed E-state index contributed by atoms with van der Waals surface area (Å²) in [4.78, 5) is 10.5. The molecule has 0 aromatic heterocycles.